The summed E-state index contributed by atoms with van der Waals surface area (Å²) in [5.74, 6) is 0.127. The quantitative estimate of drug-likeness (QED) is 0.644. The van der Waals surface area contributed by atoms with Crippen molar-refractivity contribution in [3.63, 3.8) is 0 Å². The smallest absolute Gasteiger partial charge is 0.288 e. The fourth-order valence-corrected chi connectivity index (χ4v) is 3.18. The second kappa shape index (κ2) is 7.56. The van der Waals surface area contributed by atoms with Gasteiger partial charge in [0.05, 0.1) is 17.5 Å². The minimum atomic E-state index is -0.622. The minimum absolute atomic E-state index is 0.0113. The van der Waals surface area contributed by atoms with Crippen LogP contribution in [0.15, 0.2) is 18.2 Å². The van der Waals surface area contributed by atoms with Crippen molar-refractivity contribution in [2.24, 2.45) is 0 Å². The molecule has 1 aromatic carbocycles. The molecule has 0 aliphatic heterocycles. The lowest BCUT2D eigenvalue weighted by Crippen LogP contribution is -2.26. The van der Waals surface area contributed by atoms with Crippen molar-refractivity contribution in [2.45, 2.75) is 44.7 Å². The molecular weight excluding hydrogens is 348 g/mol. The Labute approximate surface area is 148 Å². The van der Waals surface area contributed by atoms with E-state index in [0.29, 0.717) is 5.82 Å². The van der Waals surface area contributed by atoms with Crippen molar-refractivity contribution in [1.29, 1.82) is 0 Å². The third-order valence-electron chi connectivity index (χ3n) is 4.29. The molecule has 25 heavy (non-hydrogen) atoms. The van der Waals surface area contributed by atoms with Gasteiger partial charge in [-0.1, -0.05) is 30.9 Å². The Morgan fingerprint density at radius 2 is 2.12 bits per heavy atom. The van der Waals surface area contributed by atoms with Gasteiger partial charge in [-0.15, -0.1) is 5.10 Å². The monoisotopic (exact) mass is 364 g/mol. The summed E-state index contributed by atoms with van der Waals surface area (Å²) in [5.41, 5.74) is -0.144. The number of aromatic nitrogens is 4. The normalized spacial score (nSPS) is 15.1. The molecule has 0 spiro atoms. The van der Waals surface area contributed by atoms with Crippen molar-refractivity contribution < 1.29 is 9.72 Å². The summed E-state index contributed by atoms with van der Waals surface area (Å²) in [6.07, 6.45) is 5.56. The Bertz CT molecular complexity index is 787. The zero-order valence-electron chi connectivity index (χ0n) is 13.4. The zero-order chi connectivity index (χ0) is 17.8. The van der Waals surface area contributed by atoms with Crippen LogP contribution in [-0.2, 0) is 6.54 Å². The first-order chi connectivity index (χ1) is 12.1. The number of halogens is 1. The number of benzene rings is 1. The number of nitro groups is 1. The topological polar surface area (TPSA) is 116 Å². The number of nitro benzene ring substituents is 1. The Hall–Kier alpha value is -2.55. The third kappa shape index (κ3) is 3.93. The zero-order valence-corrected chi connectivity index (χ0v) is 14.1. The lowest BCUT2D eigenvalue weighted by molar-refractivity contribution is -0.384. The molecule has 2 aromatic rings. The van der Waals surface area contributed by atoms with Gasteiger partial charge in [0.1, 0.15) is 5.02 Å². The van der Waals surface area contributed by atoms with E-state index in [1.54, 1.807) is 4.68 Å². The Morgan fingerprint density at radius 3 is 2.84 bits per heavy atom. The number of rotatable bonds is 5. The summed E-state index contributed by atoms with van der Waals surface area (Å²) in [6.45, 7) is 0.152. The van der Waals surface area contributed by atoms with E-state index in [9.17, 15) is 14.9 Å². The molecule has 132 valence electrons. The molecule has 0 saturated heterocycles. The largest absolute Gasteiger partial charge is 0.345 e. The Balaban J connectivity index is 1.68. The van der Waals surface area contributed by atoms with Crippen molar-refractivity contribution in [2.75, 3.05) is 0 Å². The molecule has 1 saturated carbocycles. The van der Waals surface area contributed by atoms with E-state index in [1.165, 1.54) is 18.6 Å². The van der Waals surface area contributed by atoms with Crippen LogP contribution in [0.4, 0.5) is 5.69 Å². The minimum Gasteiger partial charge on any atom is -0.345 e. The number of carbonyl (C=O) groups excluding carboxylic acids is 1. The van der Waals surface area contributed by atoms with Crippen LogP contribution in [0.25, 0.3) is 0 Å². The van der Waals surface area contributed by atoms with Crippen LogP contribution in [0, 0.1) is 10.1 Å². The molecule has 3 rings (SSSR count). The fraction of sp³-hybridized carbons (Fsp3) is 0.467. The van der Waals surface area contributed by atoms with Gasteiger partial charge in [-0.05, 0) is 35.4 Å². The summed E-state index contributed by atoms with van der Waals surface area (Å²) in [5, 5.41) is 25.3. The summed E-state index contributed by atoms with van der Waals surface area (Å²) >= 11 is 5.76. The maximum atomic E-state index is 12.3. The van der Waals surface area contributed by atoms with Crippen molar-refractivity contribution >= 4 is 23.2 Å². The lowest BCUT2D eigenvalue weighted by Gasteiger charge is -2.22. The summed E-state index contributed by atoms with van der Waals surface area (Å²) in [6, 6.07) is 4.18. The second-order valence-electron chi connectivity index (χ2n) is 5.94. The van der Waals surface area contributed by atoms with E-state index in [1.807, 2.05) is 0 Å². The van der Waals surface area contributed by atoms with Crippen molar-refractivity contribution in [1.82, 2.24) is 25.5 Å². The number of nitrogens with one attached hydrogen (secondary N) is 1. The highest BCUT2D eigenvalue weighted by Crippen LogP contribution is 2.28. The number of hydrogen-bond donors (Lipinski definition) is 1. The predicted molar refractivity (Wildman–Crippen MR) is 89.2 cm³/mol. The number of hydrogen-bond acceptors (Lipinski definition) is 6. The van der Waals surface area contributed by atoms with Crippen molar-refractivity contribution in [3.05, 3.63) is 44.7 Å². The number of carbonyl (C=O) groups is 1. The van der Waals surface area contributed by atoms with E-state index in [0.717, 1.165) is 31.7 Å². The van der Waals surface area contributed by atoms with E-state index in [4.69, 9.17) is 11.6 Å². The van der Waals surface area contributed by atoms with E-state index >= 15 is 0 Å². The third-order valence-corrected chi connectivity index (χ3v) is 4.61. The molecule has 1 aliphatic rings. The van der Waals surface area contributed by atoms with Crippen LogP contribution in [0.5, 0.6) is 0 Å². The van der Waals surface area contributed by atoms with Gasteiger partial charge >= 0.3 is 0 Å². The standard InChI is InChI=1S/C15H17ClN6O3/c16-12-7-6-10(8-13(12)22(24)25)15(23)17-9-14-18-19-20-21(14)11-4-2-1-3-5-11/h6-8,11H,1-5,9H2,(H,17,23). The van der Waals surface area contributed by atoms with Crippen LogP contribution in [0.2, 0.25) is 5.02 Å². The molecule has 1 aliphatic carbocycles. The summed E-state index contributed by atoms with van der Waals surface area (Å²) in [7, 11) is 0. The Kier molecular flexibility index (Phi) is 5.22. The van der Waals surface area contributed by atoms with Gasteiger partial charge in [-0.2, -0.15) is 0 Å². The molecule has 9 nitrogen and oxygen atoms in total. The first-order valence-electron chi connectivity index (χ1n) is 8.05. The first-order valence-corrected chi connectivity index (χ1v) is 8.43. The maximum absolute atomic E-state index is 12.3. The van der Waals surface area contributed by atoms with Crippen LogP contribution in [0.1, 0.15) is 54.3 Å². The van der Waals surface area contributed by atoms with E-state index in [2.05, 4.69) is 20.8 Å². The fourth-order valence-electron chi connectivity index (χ4n) is 2.99. The van der Waals surface area contributed by atoms with Gasteiger partial charge in [-0.3, -0.25) is 14.9 Å². The average molecular weight is 365 g/mol. The SMILES string of the molecule is O=C(NCc1nnnn1C1CCCCC1)c1ccc(Cl)c([N+](=O)[O-])c1. The maximum Gasteiger partial charge on any atom is 0.288 e. The highest BCUT2D eigenvalue weighted by Gasteiger charge is 2.21. The molecule has 0 atom stereocenters. The molecule has 1 fully saturated rings. The molecule has 1 N–H and O–H groups in total. The molecule has 1 amide bonds. The molecule has 0 radical (unpaired) electrons. The molecule has 1 aromatic heterocycles. The highest BCUT2D eigenvalue weighted by atomic mass is 35.5. The highest BCUT2D eigenvalue weighted by molar-refractivity contribution is 6.32. The molecule has 1 heterocycles. The van der Waals surface area contributed by atoms with E-state index < -0.39 is 10.8 Å². The van der Waals surface area contributed by atoms with Gasteiger partial charge in [0, 0.05) is 11.6 Å². The van der Waals surface area contributed by atoms with Gasteiger partial charge in [0.15, 0.2) is 5.82 Å². The molecule has 10 heteroatoms. The van der Waals surface area contributed by atoms with E-state index in [-0.39, 0.29) is 28.9 Å². The Morgan fingerprint density at radius 1 is 1.36 bits per heavy atom. The summed E-state index contributed by atoms with van der Waals surface area (Å²) < 4.78 is 1.77. The predicted octanol–water partition coefficient (Wildman–Crippen LogP) is 2.67. The van der Waals surface area contributed by atoms with Gasteiger partial charge in [0.2, 0.25) is 0 Å². The first kappa shape index (κ1) is 17.3. The number of amides is 1. The van der Waals surface area contributed by atoms with Crippen LogP contribution >= 0.6 is 11.6 Å². The molecule has 0 bridgehead atoms. The van der Waals surface area contributed by atoms with Crippen LogP contribution in [0.3, 0.4) is 0 Å². The second-order valence-corrected chi connectivity index (χ2v) is 6.34. The summed E-state index contributed by atoms with van der Waals surface area (Å²) in [4.78, 5) is 22.6. The van der Waals surface area contributed by atoms with Gasteiger partial charge in [0.25, 0.3) is 11.6 Å². The molecule has 0 unspecified atom stereocenters. The average Bonchev–Trinajstić information content (AvgIpc) is 3.09. The van der Waals surface area contributed by atoms with Gasteiger partial charge < -0.3 is 5.32 Å². The molecular formula is C15H17ClN6O3. The number of tetrazole rings is 1. The van der Waals surface area contributed by atoms with Crippen LogP contribution in [-0.4, -0.2) is 31.0 Å². The van der Waals surface area contributed by atoms with Crippen molar-refractivity contribution in [3.8, 4) is 0 Å². The number of nitrogens with zero attached hydrogens (tertiary/aromatic N) is 5. The lowest BCUT2D eigenvalue weighted by atomic mass is 9.95. The van der Waals surface area contributed by atoms with Crippen LogP contribution < -0.4 is 5.32 Å². The van der Waals surface area contributed by atoms with Gasteiger partial charge in [-0.25, -0.2) is 4.68 Å².